The molecule has 1 aromatic carbocycles. The van der Waals surface area contributed by atoms with Crippen LogP contribution in [0.5, 0.6) is 0 Å². The molecule has 0 saturated heterocycles. The number of aliphatic hydroxyl groups excluding tert-OH is 1. The summed E-state index contributed by atoms with van der Waals surface area (Å²) in [6.07, 6.45) is -1.88. The molecule has 23 heavy (non-hydrogen) atoms. The highest BCUT2D eigenvalue weighted by Gasteiger charge is 2.20. The van der Waals surface area contributed by atoms with E-state index in [4.69, 9.17) is 14.2 Å². The average molecular weight is 324 g/mol. The minimum absolute atomic E-state index is 0.0189. The zero-order valence-electron chi connectivity index (χ0n) is 13.1. The Hall–Kier alpha value is -2.41. The zero-order chi connectivity index (χ0) is 17.2. The van der Waals surface area contributed by atoms with Crippen LogP contribution in [0.4, 0.5) is 0 Å². The van der Waals surface area contributed by atoms with Gasteiger partial charge in [0.2, 0.25) is 0 Å². The lowest BCUT2D eigenvalue weighted by molar-refractivity contribution is -0.158. The topological polar surface area (TPSA) is 99.1 Å². The van der Waals surface area contributed by atoms with Crippen LogP contribution >= 0.6 is 0 Å². The lowest BCUT2D eigenvalue weighted by Gasteiger charge is -2.19. The van der Waals surface area contributed by atoms with E-state index < -0.39 is 30.1 Å². The first kappa shape index (κ1) is 18.6. The molecule has 0 spiro atoms. The van der Waals surface area contributed by atoms with E-state index in [1.807, 2.05) is 0 Å². The summed E-state index contributed by atoms with van der Waals surface area (Å²) in [5.41, 5.74) is 0.371. The van der Waals surface area contributed by atoms with Gasteiger partial charge in [-0.05, 0) is 12.1 Å². The molecule has 7 nitrogen and oxygen atoms in total. The maximum atomic E-state index is 11.7. The van der Waals surface area contributed by atoms with Crippen molar-refractivity contribution in [3.05, 3.63) is 35.9 Å². The second-order valence-corrected chi connectivity index (χ2v) is 4.89. The van der Waals surface area contributed by atoms with Crippen molar-refractivity contribution >= 4 is 17.9 Å². The summed E-state index contributed by atoms with van der Waals surface area (Å²) >= 11 is 0. The van der Waals surface area contributed by atoms with E-state index in [0.717, 1.165) is 0 Å². The average Bonchev–Trinajstić information content (AvgIpc) is 2.50. The van der Waals surface area contributed by atoms with Gasteiger partial charge in [0.1, 0.15) is 19.3 Å². The van der Waals surface area contributed by atoms with Crippen LogP contribution in [-0.4, -0.2) is 48.4 Å². The molecule has 0 unspecified atom stereocenters. The van der Waals surface area contributed by atoms with Crippen LogP contribution in [0.15, 0.2) is 30.3 Å². The number of esters is 3. The Balaban J connectivity index is 2.44. The minimum atomic E-state index is -1.05. The Morgan fingerprint density at radius 3 is 2.22 bits per heavy atom. The maximum absolute atomic E-state index is 11.7. The van der Waals surface area contributed by atoms with Crippen molar-refractivity contribution in [3.63, 3.8) is 0 Å². The van der Waals surface area contributed by atoms with E-state index in [2.05, 4.69) is 0 Å². The molecule has 0 bridgehead atoms. The zero-order valence-corrected chi connectivity index (χ0v) is 13.1. The summed E-state index contributed by atoms with van der Waals surface area (Å²) < 4.78 is 14.7. The molecule has 0 amide bonds. The number of hydrogen-bond acceptors (Lipinski definition) is 7. The van der Waals surface area contributed by atoms with Crippen LogP contribution in [0.3, 0.4) is 0 Å². The quantitative estimate of drug-likeness (QED) is 0.564. The van der Waals surface area contributed by atoms with Gasteiger partial charge in [0.25, 0.3) is 0 Å². The van der Waals surface area contributed by atoms with Crippen LogP contribution < -0.4 is 0 Å². The van der Waals surface area contributed by atoms with Gasteiger partial charge in [-0.2, -0.15) is 0 Å². The largest absolute Gasteiger partial charge is 0.462 e. The molecule has 0 radical (unpaired) electrons. The van der Waals surface area contributed by atoms with Gasteiger partial charge in [0, 0.05) is 20.3 Å². The van der Waals surface area contributed by atoms with Crippen molar-refractivity contribution in [2.45, 2.75) is 32.5 Å². The molecular weight excluding hydrogens is 304 g/mol. The van der Waals surface area contributed by atoms with E-state index >= 15 is 0 Å². The van der Waals surface area contributed by atoms with Crippen LogP contribution in [0, 0.1) is 0 Å². The Kier molecular flexibility index (Phi) is 7.76. The summed E-state index contributed by atoms with van der Waals surface area (Å²) in [6.45, 7) is 2.01. The van der Waals surface area contributed by atoms with Crippen LogP contribution in [0.1, 0.15) is 30.6 Å². The summed E-state index contributed by atoms with van der Waals surface area (Å²) in [5.74, 6) is -1.64. The fourth-order valence-corrected chi connectivity index (χ4v) is 1.80. The third-order valence-corrected chi connectivity index (χ3v) is 2.76. The molecule has 7 heteroatoms. The van der Waals surface area contributed by atoms with E-state index in [0.29, 0.717) is 5.56 Å². The van der Waals surface area contributed by atoms with Gasteiger partial charge in [-0.15, -0.1) is 0 Å². The lowest BCUT2D eigenvalue weighted by atomic mass is 10.1. The molecule has 0 aliphatic carbocycles. The van der Waals surface area contributed by atoms with Gasteiger partial charge >= 0.3 is 17.9 Å². The summed E-state index contributed by atoms with van der Waals surface area (Å²) in [5, 5.41) is 9.88. The highest BCUT2D eigenvalue weighted by Crippen LogP contribution is 2.08. The summed E-state index contributed by atoms with van der Waals surface area (Å²) in [4.78, 5) is 33.5. The Labute approximate surface area is 134 Å². The third kappa shape index (κ3) is 7.96. The number of carbonyl (C=O) groups is 3. The van der Waals surface area contributed by atoms with E-state index in [1.165, 1.54) is 13.8 Å². The molecule has 2 atom stereocenters. The highest BCUT2D eigenvalue weighted by atomic mass is 16.6. The number of ether oxygens (including phenoxy) is 3. The number of benzene rings is 1. The van der Waals surface area contributed by atoms with Crippen molar-refractivity contribution in [3.8, 4) is 0 Å². The molecule has 0 aromatic heterocycles. The summed E-state index contributed by atoms with van der Waals surface area (Å²) in [6, 6.07) is 8.35. The predicted molar refractivity (Wildman–Crippen MR) is 79.5 cm³/mol. The first-order valence-electron chi connectivity index (χ1n) is 7.09. The highest BCUT2D eigenvalue weighted by molar-refractivity contribution is 5.89. The number of aliphatic hydroxyl groups is 1. The molecule has 0 saturated carbocycles. The van der Waals surface area contributed by atoms with Crippen molar-refractivity contribution in [1.29, 1.82) is 0 Å². The fraction of sp³-hybridized carbons (Fsp3) is 0.438. The SMILES string of the molecule is CC(=O)OC[C@@H](C[C@H](O)COC(=O)c1ccccc1)OC(C)=O. The molecule has 126 valence electrons. The van der Waals surface area contributed by atoms with Crippen molar-refractivity contribution in [1.82, 2.24) is 0 Å². The summed E-state index contributed by atoms with van der Waals surface area (Å²) in [7, 11) is 0. The van der Waals surface area contributed by atoms with Gasteiger partial charge in [-0.25, -0.2) is 4.79 Å². The molecule has 0 aliphatic rings. The maximum Gasteiger partial charge on any atom is 0.338 e. The van der Waals surface area contributed by atoms with Crippen molar-refractivity contribution in [2.75, 3.05) is 13.2 Å². The molecule has 1 rings (SSSR count). The number of hydrogen-bond donors (Lipinski definition) is 1. The van der Waals surface area contributed by atoms with E-state index in [1.54, 1.807) is 30.3 Å². The van der Waals surface area contributed by atoms with Gasteiger partial charge < -0.3 is 19.3 Å². The fourth-order valence-electron chi connectivity index (χ4n) is 1.80. The first-order chi connectivity index (χ1) is 10.9. The van der Waals surface area contributed by atoms with Crippen molar-refractivity contribution < 1.29 is 33.7 Å². The Morgan fingerprint density at radius 2 is 1.65 bits per heavy atom. The smallest absolute Gasteiger partial charge is 0.338 e. The Morgan fingerprint density at radius 1 is 1.00 bits per heavy atom. The molecule has 1 aromatic rings. The van der Waals surface area contributed by atoms with Gasteiger partial charge in [0.15, 0.2) is 0 Å². The molecule has 0 fully saturated rings. The monoisotopic (exact) mass is 324 g/mol. The molecule has 1 N–H and O–H groups in total. The van der Waals surface area contributed by atoms with Crippen LogP contribution in [0.25, 0.3) is 0 Å². The predicted octanol–water partition coefficient (Wildman–Crippen LogP) is 1.09. The van der Waals surface area contributed by atoms with Crippen LogP contribution in [-0.2, 0) is 23.8 Å². The van der Waals surface area contributed by atoms with Crippen molar-refractivity contribution in [2.24, 2.45) is 0 Å². The standard InChI is InChI=1S/C16H20O7/c1-11(17)21-10-15(23-12(2)18)8-14(19)9-22-16(20)13-6-4-3-5-7-13/h3-7,14-15,19H,8-10H2,1-2H3/t14-,15+/m0/s1. The molecular formula is C16H20O7. The first-order valence-corrected chi connectivity index (χ1v) is 7.09. The van der Waals surface area contributed by atoms with E-state index in [-0.39, 0.29) is 19.6 Å². The number of rotatable bonds is 8. The second-order valence-electron chi connectivity index (χ2n) is 4.89. The second kappa shape index (κ2) is 9.58. The molecule has 0 heterocycles. The Bertz CT molecular complexity index is 526. The third-order valence-electron chi connectivity index (χ3n) is 2.76. The number of carbonyl (C=O) groups excluding carboxylic acids is 3. The van der Waals surface area contributed by atoms with Crippen LogP contribution in [0.2, 0.25) is 0 Å². The normalized spacial score (nSPS) is 12.8. The van der Waals surface area contributed by atoms with Gasteiger partial charge in [0.05, 0.1) is 11.7 Å². The minimum Gasteiger partial charge on any atom is -0.462 e. The van der Waals surface area contributed by atoms with Gasteiger partial charge in [-0.1, -0.05) is 18.2 Å². The molecule has 0 aliphatic heterocycles. The van der Waals surface area contributed by atoms with Gasteiger partial charge in [-0.3, -0.25) is 9.59 Å². The lowest BCUT2D eigenvalue weighted by Crippen LogP contribution is -2.30. The van der Waals surface area contributed by atoms with E-state index in [9.17, 15) is 19.5 Å².